The van der Waals surface area contributed by atoms with Crippen molar-refractivity contribution in [3.8, 4) is 0 Å². The number of para-hydroxylation sites is 1. The van der Waals surface area contributed by atoms with Crippen LogP contribution >= 0.6 is 0 Å². The number of benzene rings is 2. The molecule has 6 nitrogen and oxygen atoms in total. The second-order valence-electron chi connectivity index (χ2n) is 7.30. The molecule has 0 spiro atoms. The van der Waals surface area contributed by atoms with Gasteiger partial charge in [0.1, 0.15) is 0 Å². The molecular formula is C21H27N3O3S. The van der Waals surface area contributed by atoms with E-state index in [1.807, 2.05) is 0 Å². The Kier molecular flexibility index (Phi) is 6.05. The van der Waals surface area contributed by atoms with Crippen LogP contribution in [0.3, 0.4) is 0 Å². The van der Waals surface area contributed by atoms with E-state index in [2.05, 4.69) is 41.4 Å². The van der Waals surface area contributed by atoms with E-state index in [-0.39, 0.29) is 10.8 Å². The fourth-order valence-corrected chi connectivity index (χ4v) is 4.48. The van der Waals surface area contributed by atoms with E-state index >= 15 is 0 Å². The predicted molar refractivity (Wildman–Crippen MR) is 111 cm³/mol. The van der Waals surface area contributed by atoms with Crippen LogP contribution in [0, 0.1) is 0 Å². The Morgan fingerprint density at radius 1 is 1.18 bits per heavy atom. The highest BCUT2D eigenvalue weighted by atomic mass is 32.2. The molecule has 0 saturated carbocycles. The molecule has 0 unspecified atom stereocenters. The quantitative estimate of drug-likeness (QED) is 0.724. The van der Waals surface area contributed by atoms with E-state index in [4.69, 9.17) is 0 Å². The molecule has 1 aliphatic heterocycles. The highest BCUT2D eigenvalue weighted by Crippen LogP contribution is 2.31. The van der Waals surface area contributed by atoms with Crippen molar-refractivity contribution in [3.05, 3.63) is 59.7 Å². The number of hydrogen-bond acceptors (Lipinski definition) is 4. The minimum atomic E-state index is -3.56. The molecule has 0 aromatic heterocycles. The molecule has 150 valence electrons. The maximum atomic E-state index is 12.4. The number of hydrogen-bond donors (Lipinski definition) is 1. The lowest BCUT2D eigenvalue weighted by atomic mass is 10.1. The largest absolute Gasteiger partial charge is 0.368 e. The van der Waals surface area contributed by atoms with Gasteiger partial charge in [-0.25, -0.2) is 12.7 Å². The second-order valence-corrected chi connectivity index (χ2v) is 9.45. The summed E-state index contributed by atoms with van der Waals surface area (Å²) in [5, 5.41) is 2.90. The summed E-state index contributed by atoms with van der Waals surface area (Å²) in [5.74, 6) is -0.259. The summed E-state index contributed by atoms with van der Waals surface area (Å²) in [6, 6.07) is 15.0. The van der Waals surface area contributed by atoms with Gasteiger partial charge in [-0.1, -0.05) is 24.3 Å². The second kappa shape index (κ2) is 8.32. The molecule has 1 atom stereocenters. The van der Waals surface area contributed by atoms with E-state index in [1.54, 1.807) is 12.1 Å². The van der Waals surface area contributed by atoms with E-state index in [1.165, 1.54) is 37.5 Å². The summed E-state index contributed by atoms with van der Waals surface area (Å²) in [4.78, 5) is 14.9. The molecule has 1 N–H and O–H groups in total. The summed E-state index contributed by atoms with van der Waals surface area (Å²) in [6.07, 6.45) is 1.87. The molecule has 2 aromatic carbocycles. The standard InChI is InChI=1S/C21H27N3O3S/c1-16-14-17-8-4-5-11-20(17)24(16)13-7-12-22-21(25)18-9-6-10-19(15-18)28(26,27)23(2)3/h4-6,8-11,15-16H,7,12-14H2,1-3H3,(H,22,25)/t16-/m1/s1. The molecule has 3 rings (SSSR count). The fourth-order valence-electron chi connectivity index (χ4n) is 3.53. The zero-order valence-corrected chi connectivity index (χ0v) is 17.4. The minimum Gasteiger partial charge on any atom is -0.368 e. The van der Waals surface area contributed by atoms with Gasteiger partial charge in [-0.3, -0.25) is 4.79 Å². The number of rotatable bonds is 7. The lowest BCUT2D eigenvalue weighted by molar-refractivity contribution is 0.0953. The summed E-state index contributed by atoms with van der Waals surface area (Å²) in [5.41, 5.74) is 3.00. The van der Waals surface area contributed by atoms with Crippen LogP contribution in [0.1, 0.15) is 29.3 Å². The molecule has 1 heterocycles. The smallest absolute Gasteiger partial charge is 0.251 e. The van der Waals surface area contributed by atoms with Crippen LogP contribution in [0.2, 0.25) is 0 Å². The average Bonchev–Trinajstić information content (AvgIpc) is 3.00. The third-order valence-corrected chi connectivity index (χ3v) is 6.90. The Balaban J connectivity index is 1.56. The molecule has 1 aliphatic rings. The minimum absolute atomic E-state index is 0.118. The van der Waals surface area contributed by atoms with E-state index in [9.17, 15) is 13.2 Å². The fraction of sp³-hybridized carbons (Fsp3) is 0.381. The molecular weight excluding hydrogens is 374 g/mol. The monoisotopic (exact) mass is 401 g/mol. The van der Waals surface area contributed by atoms with Crippen molar-refractivity contribution >= 4 is 21.6 Å². The summed E-state index contributed by atoms with van der Waals surface area (Å²) in [6.45, 7) is 3.62. The van der Waals surface area contributed by atoms with Crippen molar-refractivity contribution in [2.24, 2.45) is 0 Å². The van der Waals surface area contributed by atoms with Crippen molar-refractivity contribution in [2.75, 3.05) is 32.1 Å². The van der Waals surface area contributed by atoms with Crippen LogP contribution in [0.5, 0.6) is 0 Å². The van der Waals surface area contributed by atoms with Crippen LogP contribution < -0.4 is 10.2 Å². The molecule has 7 heteroatoms. The summed E-state index contributed by atoms with van der Waals surface area (Å²) >= 11 is 0. The zero-order valence-electron chi connectivity index (χ0n) is 16.6. The van der Waals surface area contributed by atoms with E-state index in [0.717, 1.165) is 23.7 Å². The van der Waals surface area contributed by atoms with Crippen molar-refractivity contribution in [3.63, 3.8) is 0 Å². The summed E-state index contributed by atoms with van der Waals surface area (Å²) < 4.78 is 25.6. The number of nitrogens with one attached hydrogen (secondary N) is 1. The first kappa shape index (κ1) is 20.4. The summed E-state index contributed by atoms with van der Waals surface area (Å²) in [7, 11) is -0.613. The van der Waals surface area contributed by atoms with Gasteiger partial charge >= 0.3 is 0 Å². The number of carbonyl (C=O) groups is 1. The molecule has 2 aromatic rings. The third-order valence-electron chi connectivity index (χ3n) is 5.08. The molecule has 0 fully saturated rings. The van der Waals surface area contributed by atoms with Crippen LogP contribution in [-0.4, -0.2) is 51.9 Å². The molecule has 0 bridgehead atoms. The Labute approximate surface area is 167 Å². The number of carbonyl (C=O) groups excluding carboxylic acids is 1. The van der Waals surface area contributed by atoms with Gasteiger partial charge in [0.25, 0.3) is 5.91 Å². The highest BCUT2D eigenvalue weighted by molar-refractivity contribution is 7.89. The first-order chi connectivity index (χ1) is 13.3. The van der Waals surface area contributed by atoms with Crippen molar-refractivity contribution in [1.82, 2.24) is 9.62 Å². The normalized spacial score (nSPS) is 16.3. The highest BCUT2D eigenvalue weighted by Gasteiger charge is 2.24. The van der Waals surface area contributed by atoms with Gasteiger partial charge in [-0.2, -0.15) is 0 Å². The van der Waals surface area contributed by atoms with Crippen molar-refractivity contribution in [1.29, 1.82) is 0 Å². The Morgan fingerprint density at radius 2 is 1.93 bits per heavy atom. The van der Waals surface area contributed by atoms with Gasteiger partial charge < -0.3 is 10.2 Å². The predicted octanol–water partition coefficient (Wildman–Crippen LogP) is 2.51. The van der Waals surface area contributed by atoms with Crippen molar-refractivity contribution in [2.45, 2.75) is 30.7 Å². The van der Waals surface area contributed by atoms with E-state index in [0.29, 0.717) is 18.2 Å². The van der Waals surface area contributed by atoms with Gasteiger partial charge in [0.2, 0.25) is 10.0 Å². The van der Waals surface area contributed by atoms with Gasteiger partial charge in [-0.05, 0) is 49.6 Å². The number of nitrogens with zero attached hydrogens (tertiary/aromatic N) is 2. The lowest BCUT2D eigenvalue weighted by Gasteiger charge is -2.25. The van der Waals surface area contributed by atoms with Gasteiger partial charge in [0.15, 0.2) is 0 Å². The number of anilines is 1. The first-order valence-electron chi connectivity index (χ1n) is 9.46. The first-order valence-corrected chi connectivity index (χ1v) is 10.9. The molecule has 0 saturated heterocycles. The number of amides is 1. The van der Waals surface area contributed by atoms with Crippen LogP contribution in [0.25, 0.3) is 0 Å². The molecule has 0 radical (unpaired) electrons. The van der Waals surface area contributed by atoms with E-state index < -0.39 is 10.0 Å². The Morgan fingerprint density at radius 3 is 2.68 bits per heavy atom. The maximum absolute atomic E-state index is 12.4. The lowest BCUT2D eigenvalue weighted by Crippen LogP contribution is -2.33. The maximum Gasteiger partial charge on any atom is 0.251 e. The topological polar surface area (TPSA) is 69.7 Å². The molecule has 1 amide bonds. The number of fused-ring (bicyclic) bond motifs is 1. The van der Waals surface area contributed by atoms with Crippen molar-refractivity contribution < 1.29 is 13.2 Å². The number of sulfonamides is 1. The SMILES string of the molecule is C[C@@H]1Cc2ccccc2N1CCCNC(=O)c1cccc(S(=O)(=O)N(C)C)c1. The van der Waals surface area contributed by atoms with Gasteiger partial charge in [0.05, 0.1) is 4.90 Å². The zero-order chi connectivity index (χ0) is 20.3. The molecule has 28 heavy (non-hydrogen) atoms. The Bertz CT molecular complexity index is 957. The average molecular weight is 402 g/mol. The van der Waals surface area contributed by atoms with Gasteiger partial charge in [0, 0.05) is 44.5 Å². The van der Waals surface area contributed by atoms with Crippen LogP contribution in [-0.2, 0) is 16.4 Å². The van der Waals surface area contributed by atoms with Crippen LogP contribution in [0.15, 0.2) is 53.4 Å². The van der Waals surface area contributed by atoms with Gasteiger partial charge in [-0.15, -0.1) is 0 Å². The third kappa shape index (κ3) is 4.20. The Hall–Kier alpha value is -2.38. The molecule has 0 aliphatic carbocycles. The van der Waals surface area contributed by atoms with Crippen LogP contribution in [0.4, 0.5) is 5.69 Å².